The highest BCUT2D eigenvalue weighted by molar-refractivity contribution is 5.91. The molecule has 1 N–H and O–H groups in total. The number of benzene rings is 3. The molecule has 0 bridgehead atoms. The first-order valence-corrected chi connectivity index (χ1v) is 8.83. The van der Waals surface area contributed by atoms with E-state index in [2.05, 4.69) is 43.4 Å². The minimum absolute atomic E-state index is 0.0145. The van der Waals surface area contributed by atoms with Crippen molar-refractivity contribution >= 4 is 11.6 Å². The maximum absolute atomic E-state index is 12.0. The van der Waals surface area contributed by atoms with Crippen molar-refractivity contribution in [3.05, 3.63) is 83.9 Å². The van der Waals surface area contributed by atoms with E-state index >= 15 is 0 Å². The summed E-state index contributed by atoms with van der Waals surface area (Å²) in [5.41, 5.74) is 5.55. The standard InChI is InChI=1S/C23H23NO2/c1-3-18-6-12-21(13-7-18)24-23(25)16-26-22-14-10-20(11-15-22)19-8-4-17(2)5-9-19/h4-15H,3,16H2,1-2H3,(H,24,25). The molecule has 3 heteroatoms. The predicted octanol–water partition coefficient (Wildman–Crippen LogP) is 5.24. The number of rotatable bonds is 6. The van der Waals surface area contributed by atoms with E-state index in [4.69, 9.17) is 4.74 Å². The molecule has 1 amide bonds. The van der Waals surface area contributed by atoms with Crippen LogP contribution in [0.5, 0.6) is 5.75 Å². The Hall–Kier alpha value is -3.07. The van der Waals surface area contributed by atoms with Crippen molar-refractivity contribution in [3.63, 3.8) is 0 Å². The van der Waals surface area contributed by atoms with Gasteiger partial charge < -0.3 is 10.1 Å². The van der Waals surface area contributed by atoms with Gasteiger partial charge in [0.05, 0.1) is 0 Å². The molecule has 0 aliphatic rings. The van der Waals surface area contributed by atoms with Gasteiger partial charge in [-0.1, -0.05) is 61.0 Å². The summed E-state index contributed by atoms with van der Waals surface area (Å²) in [4.78, 5) is 12.0. The first-order chi connectivity index (χ1) is 12.6. The second-order valence-electron chi connectivity index (χ2n) is 6.28. The Kier molecular flexibility index (Phi) is 5.69. The van der Waals surface area contributed by atoms with Crippen LogP contribution in [0.4, 0.5) is 5.69 Å². The zero-order valence-electron chi connectivity index (χ0n) is 15.2. The van der Waals surface area contributed by atoms with E-state index in [0.717, 1.165) is 23.2 Å². The molecule has 26 heavy (non-hydrogen) atoms. The van der Waals surface area contributed by atoms with Crippen molar-refractivity contribution < 1.29 is 9.53 Å². The first-order valence-electron chi connectivity index (χ1n) is 8.83. The fourth-order valence-electron chi connectivity index (χ4n) is 2.66. The molecule has 3 aromatic carbocycles. The van der Waals surface area contributed by atoms with Gasteiger partial charge in [-0.2, -0.15) is 0 Å². The molecule has 0 aliphatic carbocycles. The van der Waals surface area contributed by atoms with Crippen LogP contribution in [-0.2, 0) is 11.2 Å². The third-order valence-electron chi connectivity index (χ3n) is 4.26. The van der Waals surface area contributed by atoms with Crippen molar-refractivity contribution in [1.29, 1.82) is 0 Å². The number of amides is 1. The van der Waals surface area contributed by atoms with Crippen LogP contribution in [0.3, 0.4) is 0 Å². The van der Waals surface area contributed by atoms with Gasteiger partial charge in [-0.15, -0.1) is 0 Å². The second-order valence-corrected chi connectivity index (χ2v) is 6.28. The van der Waals surface area contributed by atoms with Gasteiger partial charge in [-0.05, 0) is 54.3 Å². The quantitative estimate of drug-likeness (QED) is 0.663. The molecule has 0 atom stereocenters. The zero-order valence-corrected chi connectivity index (χ0v) is 15.2. The van der Waals surface area contributed by atoms with Crippen LogP contribution in [0.25, 0.3) is 11.1 Å². The Balaban J connectivity index is 1.53. The van der Waals surface area contributed by atoms with Crippen molar-refractivity contribution in [2.24, 2.45) is 0 Å². The molecular formula is C23H23NO2. The molecule has 0 fully saturated rings. The molecule has 0 heterocycles. The SMILES string of the molecule is CCc1ccc(NC(=O)COc2ccc(-c3ccc(C)cc3)cc2)cc1. The molecule has 0 unspecified atom stereocenters. The van der Waals surface area contributed by atoms with E-state index in [0.29, 0.717) is 5.75 Å². The summed E-state index contributed by atoms with van der Waals surface area (Å²) < 4.78 is 5.58. The Morgan fingerprint density at radius 1 is 0.846 bits per heavy atom. The van der Waals surface area contributed by atoms with Crippen LogP contribution in [0.1, 0.15) is 18.1 Å². The van der Waals surface area contributed by atoms with E-state index in [1.165, 1.54) is 11.1 Å². The average molecular weight is 345 g/mol. The number of hydrogen-bond donors (Lipinski definition) is 1. The molecule has 0 saturated carbocycles. The van der Waals surface area contributed by atoms with Crippen molar-refractivity contribution in [3.8, 4) is 16.9 Å². The van der Waals surface area contributed by atoms with E-state index in [-0.39, 0.29) is 12.5 Å². The van der Waals surface area contributed by atoms with Gasteiger partial charge in [0.25, 0.3) is 5.91 Å². The fourth-order valence-corrected chi connectivity index (χ4v) is 2.66. The van der Waals surface area contributed by atoms with Crippen LogP contribution in [0, 0.1) is 6.92 Å². The molecule has 0 aromatic heterocycles. The summed E-state index contributed by atoms with van der Waals surface area (Å²) in [5, 5.41) is 2.84. The molecule has 0 radical (unpaired) electrons. The summed E-state index contributed by atoms with van der Waals surface area (Å²) in [5.74, 6) is 0.509. The summed E-state index contributed by atoms with van der Waals surface area (Å²) in [6.45, 7) is 4.16. The predicted molar refractivity (Wildman–Crippen MR) is 107 cm³/mol. The molecule has 0 spiro atoms. The van der Waals surface area contributed by atoms with Gasteiger partial charge in [0.2, 0.25) is 0 Å². The minimum Gasteiger partial charge on any atom is -0.484 e. The van der Waals surface area contributed by atoms with Gasteiger partial charge >= 0.3 is 0 Å². The lowest BCUT2D eigenvalue weighted by molar-refractivity contribution is -0.118. The number of hydrogen-bond acceptors (Lipinski definition) is 2. The Morgan fingerprint density at radius 3 is 2.00 bits per heavy atom. The lowest BCUT2D eigenvalue weighted by Gasteiger charge is -2.09. The molecule has 0 saturated heterocycles. The third-order valence-corrected chi connectivity index (χ3v) is 4.26. The summed E-state index contributed by atoms with van der Waals surface area (Å²) in [6.07, 6.45) is 0.982. The van der Waals surface area contributed by atoms with Crippen molar-refractivity contribution in [2.75, 3.05) is 11.9 Å². The van der Waals surface area contributed by atoms with Gasteiger partial charge in [-0.25, -0.2) is 0 Å². The van der Waals surface area contributed by atoms with Gasteiger partial charge in [0.1, 0.15) is 5.75 Å². The first kappa shape index (κ1) is 17.7. The van der Waals surface area contributed by atoms with Crippen molar-refractivity contribution in [2.45, 2.75) is 20.3 Å². The van der Waals surface area contributed by atoms with Crippen molar-refractivity contribution in [1.82, 2.24) is 0 Å². The summed E-state index contributed by atoms with van der Waals surface area (Å²) >= 11 is 0. The third kappa shape index (κ3) is 4.73. The molecule has 3 nitrogen and oxygen atoms in total. The number of carbonyl (C=O) groups is 1. The number of aryl methyl sites for hydroxylation is 2. The van der Waals surface area contributed by atoms with Gasteiger partial charge in [0, 0.05) is 5.69 Å². The zero-order chi connectivity index (χ0) is 18.4. The normalized spacial score (nSPS) is 10.4. The molecular weight excluding hydrogens is 322 g/mol. The van der Waals surface area contributed by atoms with Crippen LogP contribution < -0.4 is 10.1 Å². The Morgan fingerprint density at radius 2 is 1.42 bits per heavy atom. The van der Waals surface area contributed by atoms with E-state index in [9.17, 15) is 4.79 Å². The highest BCUT2D eigenvalue weighted by atomic mass is 16.5. The summed E-state index contributed by atoms with van der Waals surface area (Å²) in [6, 6.07) is 24.0. The molecule has 3 aromatic rings. The monoisotopic (exact) mass is 345 g/mol. The van der Waals surface area contributed by atoms with Gasteiger partial charge in [-0.3, -0.25) is 4.79 Å². The lowest BCUT2D eigenvalue weighted by atomic mass is 10.0. The van der Waals surface area contributed by atoms with E-state index in [1.54, 1.807) is 0 Å². The van der Waals surface area contributed by atoms with Crippen LogP contribution in [0.15, 0.2) is 72.8 Å². The maximum Gasteiger partial charge on any atom is 0.262 e. The van der Waals surface area contributed by atoms with Crippen LogP contribution in [0.2, 0.25) is 0 Å². The van der Waals surface area contributed by atoms with E-state index in [1.807, 2.05) is 48.5 Å². The largest absolute Gasteiger partial charge is 0.484 e. The van der Waals surface area contributed by atoms with Crippen LogP contribution in [-0.4, -0.2) is 12.5 Å². The maximum atomic E-state index is 12.0. The summed E-state index contributed by atoms with van der Waals surface area (Å²) in [7, 11) is 0. The Bertz CT molecular complexity index is 850. The van der Waals surface area contributed by atoms with Crippen LogP contribution >= 0.6 is 0 Å². The highest BCUT2D eigenvalue weighted by Gasteiger charge is 2.04. The number of carbonyl (C=O) groups excluding carboxylic acids is 1. The highest BCUT2D eigenvalue weighted by Crippen LogP contribution is 2.22. The molecule has 132 valence electrons. The number of ether oxygens (including phenoxy) is 1. The Labute approximate surface area is 154 Å². The van der Waals surface area contributed by atoms with E-state index < -0.39 is 0 Å². The average Bonchev–Trinajstić information content (AvgIpc) is 2.68. The second kappa shape index (κ2) is 8.34. The minimum atomic E-state index is -0.170. The number of nitrogens with one attached hydrogen (secondary N) is 1. The van der Waals surface area contributed by atoms with Gasteiger partial charge in [0.15, 0.2) is 6.61 Å². The lowest BCUT2D eigenvalue weighted by Crippen LogP contribution is -2.20. The molecule has 3 rings (SSSR count). The topological polar surface area (TPSA) is 38.3 Å². The smallest absolute Gasteiger partial charge is 0.262 e. The molecule has 0 aliphatic heterocycles. The fraction of sp³-hybridized carbons (Fsp3) is 0.174. The number of anilines is 1.